The summed E-state index contributed by atoms with van der Waals surface area (Å²) in [5.41, 5.74) is 2.90. The van der Waals surface area contributed by atoms with Gasteiger partial charge in [0.2, 0.25) is 0 Å². The second-order valence-corrected chi connectivity index (χ2v) is 7.08. The van der Waals surface area contributed by atoms with Crippen LogP contribution in [0.4, 0.5) is 8.78 Å². The molecule has 0 bridgehead atoms. The van der Waals surface area contributed by atoms with E-state index in [1.54, 1.807) is 16.8 Å². The van der Waals surface area contributed by atoms with Gasteiger partial charge in [0.05, 0.1) is 6.54 Å². The average Bonchev–Trinajstić information content (AvgIpc) is 2.97. The molecule has 0 aliphatic carbocycles. The van der Waals surface area contributed by atoms with Crippen LogP contribution in [0.2, 0.25) is 0 Å². The quantitative estimate of drug-likeness (QED) is 0.539. The molecule has 4 rings (SSSR count). The number of aromatic nitrogens is 2. The summed E-state index contributed by atoms with van der Waals surface area (Å²) in [5.74, 6) is -2.36. The minimum atomic E-state index is -0.956. The zero-order chi connectivity index (χ0) is 21.4. The maximum absolute atomic E-state index is 14.1. The lowest BCUT2D eigenvalue weighted by atomic mass is 10.0. The van der Waals surface area contributed by atoms with E-state index in [-0.39, 0.29) is 24.2 Å². The van der Waals surface area contributed by atoms with E-state index in [9.17, 15) is 23.5 Å². The Labute approximate surface area is 170 Å². The van der Waals surface area contributed by atoms with E-state index in [1.165, 1.54) is 16.7 Å². The molecule has 2 heterocycles. The molecule has 0 unspecified atom stereocenters. The summed E-state index contributed by atoms with van der Waals surface area (Å²) in [4.78, 5) is 23.7. The summed E-state index contributed by atoms with van der Waals surface area (Å²) in [6.45, 7) is 1.59. The Morgan fingerprint density at radius 1 is 1.07 bits per heavy atom. The van der Waals surface area contributed by atoms with Crippen LogP contribution >= 0.6 is 0 Å². The van der Waals surface area contributed by atoms with E-state index in [2.05, 4.69) is 0 Å². The van der Waals surface area contributed by atoms with Crippen molar-refractivity contribution in [3.05, 3.63) is 94.0 Å². The fourth-order valence-electron chi connectivity index (χ4n) is 3.77. The van der Waals surface area contributed by atoms with Crippen LogP contribution in [0.3, 0.4) is 0 Å². The van der Waals surface area contributed by atoms with Crippen LogP contribution in [-0.2, 0) is 17.9 Å². The lowest BCUT2D eigenvalue weighted by Gasteiger charge is -2.10. The monoisotopic (exact) mass is 408 g/mol. The molecule has 0 atom stereocenters. The highest BCUT2D eigenvalue weighted by molar-refractivity contribution is 5.98. The van der Waals surface area contributed by atoms with Crippen molar-refractivity contribution in [3.8, 4) is 11.1 Å². The van der Waals surface area contributed by atoms with Gasteiger partial charge >= 0.3 is 5.97 Å². The smallest absolute Gasteiger partial charge is 0.323 e. The summed E-state index contributed by atoms with van der Waals surface area (Å²) in [6, 6.07) is 13.7. The van der Waals surface area contributed by atoms with Crippen molar-refractivity contribution in [1.29, 1.82) is 0 Å². The number of halogens is 2. The van der Waals surface area contributed by atoms with E-state index >= 15 is 0 Å². The Kier molecular flexibility index (Phi) is 4.95. The molecule has 30 heavy (non-hydrogen) atoms. The number of para-hydroxylation sites is 1. The number of carboxylic acid groups (broad SMARTS) is 1. The van der Waals surface area contributed by atoms with Gasteiger partial charge in [-0.1, -0.05) is 24.3 Å². The Morgan fingerprint density at radius 3 is 2.57 bits per heavy atom. The van der Waals surface area contributed by atoms with Crippen molar-refractivity contribution in [3.63, 3.8) is 0 Å². The Morgan fingerprint density at radius 2 is 1.83 bits per heavy atom. The van der Waals surface area contributed by atoms with E-state index < -0.39 is 17.6 Å². The number of hydrogen-bond donors (Lipinski definition) is 1. The molecule has 0 saturated heterocycles. The second kappa shape index (κ2) is 7.59. The van der Waals surface area contributed by atoms with Gasteiger partial charge in [0, 0.05) is 51.6 Å². The van der Waals surface area contributed by atoms with Crippen molar-refractivity contribution in [2.45, 2.75) is 20.0 Å². The van der Waals surface area contributed by atoms with Gasteiger partial charge in [0.15, 0.2) is 0 Å². The first-order valence-electron chi connectivity index (χ1n) is 9.29. The van der Waals surface area contributed by atoms with Crippen LogP contribution in [-0.4, -0.2) is 20.2 Å². The van der Waals surface area contributed by atoms with Crippen molar-refractivity contribution in [1.82, 2.24) is 9.13 Å². The van der Waals surface area contributed by atoms with Gasteiger partial charge in [0.1, 0.15) is 18.2 Å². The highest BCUT2D eigenvalue weighted by atomic mass is 19.1. The van der Waals surface area contributed by atoms with Gasteiger partial charge in [-0.3, -0.25) is 9.59 Å². The van der Waals surface area contributed by atoms with Crippen molar-refractivity contribution in [2.24, 2.45) is 0 Å². The molecule has 1 N–H and O–H groups in total. The van der Waals surface area contributed by atoms with Gasteiger partial charge < -0.3 is 14.2 Å². The van der Waals surface area contributed by atoms with E-state index in [0.717, 1.165) is 34.3 Å². The molecule has 5 nitrogen and oxygen atoms in total. The minimum Gasteiger partial charge on any atom is -0.480 e. The molecular weight excluding hydrogens is 390 g/mol. The number of carboxylic acids is 1. The molecule has 2 aromatic heterocycles. The molecule has 152 valence electrons. The number of carbonyl (C=O) groups is 1. The van der Waals surface area contributed by atoms with Crippen molar-refractivity contribution >= 4 is 16.9 Å². The normalized spacial score (nSPS) is 11.2. The molecule has 0 aliphatic heterocycles. The maximum atomic E-state index is 14.1. The fourth-order valence-corrected chi connectivity index (χ4v) is 3.77. The fraction of sp³-hybridized carbons (Fsp3) is 0.130. The minimum absolute atomic E-state index is 0.0500. The number of rotatable bonds is 5. The summed E-state index contributed by atoms with van der Waals surface area (Å²) < 4.78 is 30.3. The molecule has 0 saturated carbocycles. The number of pyridine rings is 1. The van der Waals surface area contributed by atoms with Gasteiger partial charge in [0.25, 0.3) is 5.56 Å². The molecule has 7 heteroatoms. The van der Waals surface area contributed by atoms with E-state index in [4.69, 9.17) is 0 Å². The summed E-state index contributed by atoms with van der Waals surface area (Å²) in [7, 11) is 0. The van der Waals surface area contributed by atoms with Crippen LogP contribution in [0.1, 0.15) is 11.3 Å². The number of aliphatic carboxylic acids is 1. The van der Waals surface area contributed by atoms with Crippen molar-refractivity contribution < 1.29 is 18.7 Å². The van der Waals surface area contributed by atoms with Gasteiger partial charge in [-0.2, -0.15) is 0 Å². The second-order valence-electron chi connectivity index (χ2n) is 7.08. The van der Waals surface area contributed by atoms with E-state index in [0.29, 0.717) is 5.56 Å². The standard InChI is InChI=1S/C23H18F2N2O3/c1-14-23(18-4-2-3-5-20(18)27(14)13-22(29)30)16-7-9-21(28)26(12-16)11-15-6-8-17(24)10-19(15)25/h2-10,12H,11,13H2,1H3,(H,29,30). The number of benzene rings is 2. The summed E-state index contributed by atoms with van der Waals surface area (Å²) in [5, 5.41) is 10.1. The lowest BCUT2D eigenvalue weighted by molar-refractivity contribution is -0.137. The number of hydrogen-bond acceptors (Lipinski definition) is 2. The third-order valence-corrected chi connectivity index (χ3v) is 5.15. The summed E-state index contributed by atoms with van der Waals surface area (Å²) in [6.07, 6.45) is 1.62. The molecule has 4 aromatic rings. The Balaban J connectivity index is 1.85. The average molecular weight is 408 g/mol. The zero-order valence-corrected chi connectivity index (χ0v) is 16.1. The highest BCUT2D eigenvalue weighted by Crippen LogP contribution is 2.34. The predicted octanol–water partition coefficient (Wildman–Crippen LogP) is 4.19. The van der Waals surface area contributed by atoms with Crippen molar-refractivity contribution in [2.75, 3.05) is 0 Å². The van der Waals surface area contributed by atoms with Gasteiger partial charge in [-0.15, -0.1) is 0 Å². The summed E-state index contributed by atoms with van der Waals surface area (Å²) >= 11 is 0. The number of fused-ring (bicyclic) bond motifs is 1. The predicted molar refractivity (Wildman–Crippen MR) is 109 cm³/mol. The largest absolute Gasteiger partial charge is 0.480 e. The first-order chi connectivity index (χ1) is 14.3. The lowest BCUT2D eigenvalue weighted by Crippen LogP contribution is -2.19. The molecule has 0 amide bonds. The van der Waals surface area contributed by atoms with Crippen LogP contribution < -0.4 is 5.56 Å². The van der Waals surface area contributed by atoms with Gasteiger partial charge in [-0.25, -0.2) is 8.78 Å². The Hall–Kier alpha value is -3.74. The number of nitrogens with zero attached hydrogens (tertiary/aromatic N) is 2. The molecule has 0 spiro atoms. The zero-order valence-electron chi connectivity index (χ0n) is 16.1. The van der Waals surface area contributed by atoms with Crippen LogP contribution in [0.5, 0.6) is 0 Å². The van der Waals surface area contributed by atoms with E-state index in [1.807, 2.05) is 31.2 Å². The van der Waals surface area contributed by atoms with Gasteiger partial charge in [-0.05, 0) is 25.1 Å². The van der Waals surface area contributed by atoms with Crippen LogP contribution in [0.25, 0.3) is 22.0 Å². The van der Waals surface area contributed by atoms with Crippen LogP contribution in [0, 0.1) is 18.6 Å². The first kappa shape index (κ1) is 19.6. The molecular formula is C23H18F2N2O3. The first-order valence-corrected chi connectivity index (χ1v) is 9.29. The molecule has 0 aliphatic rings. The SMILES string of the molecule is Cc1c(-c2ccc(=O)n(Cc3ccc(F)cc3F)c2)c2ccccc2n1CC(=O)O. The maximum Gasteiger partial charge on any atom is 0.323 e. The topological polar surface area (TPSA) is 64.2 Å². The molecule has 0 radical (unpaired) electrons. The third kappa shape index (κ3) is 3.50. The molecule has 0 fully saturated rings. The molecule has 2 aromatic carbocycles. The van der Waals surface area contributed by atoms with Crippen LogP contribution in [0.15, 0.2) is 65.6 Å². The third-order valence-electron chi connectivity index (χ3n) is 5.15. The highest BCUT2D eigenvalue weighted by Gasteiger charge is 2.18. The Bertz CT molecular complexity index is 1340.